The maximum Gasteiger partial charge on any atom is 0.245 e. The fourth-order valence-electron chi connectivity index (χ4n) is 3.20. The third-order valence-electron chi connectivity index (χ3n) is 4.39. The molecule has 23 heavy (non-hydrogen) atoms. The van der Waals surface area contributed by atoms with Crippen LogP contribution in [0, 0.1) is 5.82 Å². The lowest BCUT2D eigenvalue weighted by atomic mass is 9.95. The summed E-state index contributed by atoms with van der Waals surface area (Å²) in [4.78, 5) is 24.3. The van der Waals surface area contributed by atoms with E-state index in [9.17, 15) is 14.0 Å². The Morgan fingerprint density at radius 2 is 1.96 bits per heavy atom. The predicted molar refractivity (Wildman–Crippen MR) is 86.1 cm³/mol. The predicted octanol–water partition coefficient (Wildman–Crippen LogP) is 1.26. The monoisotopic (exact) mass is 321 g/mol. The Morgan fingerprint density at radius 1 is 1.30 bits per heavy atom. The standard InChI is InChI=1S/C17H24FN3O2/c1-20-16(23)17(8-4-5-9-17)21-15(22)11-13(19)10-12-6-2-3-7-14(12)18/h2-3,6-7,13H,4-5,8-11,19H2,1H3,(H,20,23)(H,21,22)/t13-/m1/s1. The van der Waals surface area contributed by atoms with Crippen molar-refractivity contribution < 1.29 is 14.0 Å². The number of benzene rings is 1. The number of hydrogen-bond donors (Lipinski definition) is 3. The largest absolute Gasteiger partial charge is 0.357 e. The van der Waals surface area contributed by atoms with Crippen LogP contribution in [0.1, 0.15) is 37.7 Å². The summed E-state index contributed by atoms with van der Waals surface area (Å²) >= 11 is 0. The van der Waals surface area contributed by atoms with Crippen LogP contribution in [0.5, 0.6) is 0 Å². The third-order valence-corrected chi connectivity index (χ3v) is 4.39. The molecule has 5 nitrogen and oxygen atoms in total. The molecule has 0 bridgehead atoms. The summed E-state index contributed by atoms with van der Waals surface area (Å²) in [5, 5.41) is 5.47. The molecule has 0 aromatic heterocycles. The minimum atomic E-state index is -0.816. The first-order chi connectivity index (χ1) is 11.0. The summed E-state index contributed by atoms with van der Waals surface area (Å²) in [5.74, 6) is -0.744. The van der Waals surface area contributed by atoms with Gasteiger partial charge in [0.1, 0.15) is 11.4 Å². The van der Waals surface area contributed by atoms with Crippen LogP contribution in [0.15, 0.2) is 24.3 Å². The first-order valence-corrected chi connectivity index (χ1v) is 7.99. The van der Waals surface area contributed by atoms with Gasteiger partial charge in [0.05, 0.1) is 0 Å². The minimum Gasteiger partial charge on any atom is -0.357 e. The van der Waals surface area contributed by atoms with E-state index in [2.05, 4.69) is 10.6 Å². The molecule has 0 heterocycles. The molecule has 0 spiro atoms. The number of nitrogens with one attached hydrogen (secondary N) is 2. The van der Waals surface area contributed by atoms with E-state index in [1.54, 1.807) is 25.2 Å². The molecule has 1 saturated carbocycles. The van der Waals surface area contributed by atoms with E-state index in [1.807, 2.05) is 0 Å². The van der Waals surface area contributed by atoms with Crippen molar-refractivity contribution in [3.05, 3.63) is 35.6 Å². The normalized spacial score (nSPS) is 17.5. The minimum absolute atomic E-state index is 0.0626. The summed E-state index contributed by atoms with van der Waals surface area (Å²) in [6, 6.07) is 5.90. The van der Waals surface area contributed by atoms with Gasteiger partial charge in [-0.2, -0.15) is 0 Å². The Labute approximate surface area is 135 Å². The van der Waals surface area contributed by atoms with Gasteiger partial charge in [0.15, 0.2) is 0 Å². The van der Waals surface area contributed by atoms with Crippen LogP contribution in [0.4, 0.5) is 4.39 Å². The van der Waals surface area contributed by atoms with Crippen LogP contribution in [0.2, 0.25) is 0 Å². The lowest BCUT2D eigenvalue weighted by Crippen LogP contribution is -2.57. The number of halogens is 1. The van der Waals surface area contributed by atoms with Crippen molar-refractivity contribution in [1.29, 1.82) is 0 Å². The Balaban J connectivity index is 1.93. The zero-order valence-electron chi connectivity index (χ0n) is 13.4. The van der Waals surface area contributed by atoms with Crippen LogP contribution >= 0.6 is 0 Å². The molecule has 2 rings (SSSR count). The van der Waals surface area contributed by atoms with Gasteiger partial charge >= 0.3 is 0 Å². The molecule has 1 atom stereocenters. The van der Waals surface area contributed by atoms with Crippen molar-refractivity contribution in [3.63, 3.8) is 0 Å². The average Bonchev–Trinajstić information content (AvgIpc) is 2.98. The van der Waals surface area contributed by atoms with Crippen LogP contribution in [-0.4, -0.2) is 30.4 Å². The van der Waals surface area contributed by atoms with Crippen LogP contribution in [0.3, 0.4) is 0 Å². The van der Waals surface area contributed by atoms with Gasteiger partial charge < -0.3 is 16.4 Å². The van der Waals surface area contributed by atoms with Gasteiger partial charge in [0.25, 0.3) is 0 Å². The molecule has 1 aromatic rings. The quantitative estimate of drug-likeness (QED) is 0.737. The second-order valence-electron chi connectivity index (χ2n) is 6.18. The van der Waals surface area contributed by atoms with Crippen molar-refractivity contribution in [2.75, 3.05) is 7.05 Å². The van der Waals surface area contributed by atoms with Crippen LogP contribution < -0.4 is 16.4 Å². The molecule has 6 heteroatoms. The number of nitrogens with two attached hydrogens (primary N) is 1. The number of carbonyl (C=O) groups is 2. The average molecular weight is 321 g/mol. The molecule has 1 aliphatic rings. The molecule has 1 aromatic carbocycles. The van der Waals surface area contributed by atoms with Crippen molar-refractivity contribution in [1.82, 2.24) is 10.6 Å². The van der Waals surface area contributed by atoms with Gasteiger partial charge in [-0.05, 0) is 30.9 Å². The number of hydrogen-bond acceptors (Lipinski definition) is 3. The highest BCUT2D eigenvalue weighted by molar-refractivity contribution is 5.91. The second kappa shape index (κ2) is 7.55. The number of rotatable bonds is 6. The van der Waals surface area contributed by atoms with Crippen molar-refractivity contribution >= 4 is 11.8 Å². The van der Waals surface area contributed by atoms with E-state index in [1.165, 1.54) is 6.07 Å². The van der Waals surface area contributed by atoms with Gasteiger partial charge in [-0.1, -0.05) is 31.0 Å². The van der Waals surface area contributed by atoms with E-state index < -0.39 is 11.6 Å². The number of amides is 2. The van der Waals surface area contributed by atoms with Gasteiger partial charge in [-0.25, -0.2) is 4.39 Å². The fraction of sp³-hybridized carbons (Fsp3) is 0.529. The first kappa shape index (κ1) is 17.4. The van der Waals surface area contributed by atoms with Crippen molar-refractivity contribution in [2.45, 2.75) is 50.1 Å². The molecule has 126 valence electrons. The highest BCUT2D eigenvalue weighted by atomic mass is 19.1. The van der Waals surface area contributed by atoms with E-state index in [0.717, 1.165) is 12.8 Å². The summed E-state index contributed by atoms with van der Waals surface area (Å²) in [5.41, 5.74) is 5.65. The Hall–Kier alpha value is -1.95. The molecule has 4 N–H and O–H groups in total. The molecular weight excluding hydrogens is 297 g/mol. The lowest BCUT2D eigenvalue weighted by Gasteiger charge is -2.28. The first-order valence-electron chi connectivity index (χ1n) is 7.99. The Bertz CT molecular complexity index is 571. The molecular formula is C17H24FN3O2. The van der Waals surface area contributed by atoms with Gasteiger partial charge in [0, 0.05) is 19.5 Å². The van der Waals surface area contributed by atoms with Crippen LogP contribution in [0.25, 0.3) is 0 Å². The maximum atomic E-state index is 13.6. The molecule has 0 saturated heterocycles. The van der Waals surface area contributed by atoms with Gasteiger partial charge in [-0.15, -0.1) is 0 Å². The Kier molecular flexibility index (Phi) is 5.71. The summed E-state index contributed by atoms with van der Waals surface area (Å²) in [6.45, 7) is 0. The molecule has 1 fully saturated rings. The van der Waals surface area contributed by atoms with E-state index in [4.69, 9.17) is 5.73 Å². The fourth-order valence-corrected chi connectivity index (χ4v) is 3.20. The molecule has 0 aliphatic heterocycles. The molecule has 0 unspecified atom stereocenters. The molecule has 2 amide bonds. The van der Waals surface area contributed by atoms with Crippen LogP contribution in [-0.2, 0) is 16.0 Å². The Morgan fingerprint density at radius 3 is 2.57 bits per heavy atom. The lowest BCUT2D eigenvalue weighted by molar-refractivity contribution is -0.133. The zero-order chi connectivity index (χ0) is 16.9. The molecule has 0 radical (unpaired) electrons. The van der Waals surface area contributed by atoms with Gasteiger partial charge in [0.2, 0.25) is 11.8 Å². The SMILES string of the molecule is CNC(=O)C1(NC(=O)C[C@H](N)Cc2ccccc2F)CCCC1. The third kappa shape index (κ3) is 4.28. The van der Waals surface area contributed by atoms with Crippen molar-refractivity contribution in [2.24, 2.45) is 5.73 Å². The van der Waals surface area contributed by atoms with Crippen molar-refractivity contribution in [3.8, 4) is 0 Å². The highest BCUT2D eigenvalue weighted by Crippen LogP contribution is 2.30. The topological polar surface area (TPSA) is 84.2 Å². The number of likely N-dealkylation sites (N-methyl/N-ethyl adjacent to an activating group) is 1. The van der Waals surface area contributed by atoms with Gasteiger partial charge in [-0.3, -0.25) is 9.59 Å². The summed E-state index contributed by atoms with van der Waals surface area (Å²) in [6.07, 6.45) is 3.45. The van der Waals surface area contributed by atoms with E-state index in [0.29, 0.717) is 18.4 Å². The maximum absolute atomic E-state index is 13.6. The zero-order valence-corrected chi connectivity index (χ0v) is 13.4. The number of carbonyl (C=O) groups excluding carboxylic acids is 2. The summed E-state index contributed by atoms with van der Waals surface area (Å²) in [7, 11) is 1.57. The highest BCUT2D eigenvalue weighted by Gasteiger charge is 2.41. The van der Waals surface area contributed by atoms with E-state index >= 15 is 0 Å². The molecule has 1 aliphatic carbocycles. The smallest absolute Gasteiger partial charge is 0.245 e. The van der Waals surface area contributed by atoms with E-state index in [-0.39, 0.29) is 30.5 Å². The second-order valence-corrected chi connectivity index (χ2v) is 6.18. The summed E-state index contributed by atoms with van der Waals surface area (Å²) < 4.78 is 13.6.